The van der Waals surface area contributed by atoms with E-state index >= 15 is 0 Å². The Bertz CT molecular complexity index is 356. The van der Waals surface area contributed by atoms with Gasteiger partial charge in [-0.1, -0.05) is 0 Å². The number of aryl methyl sites for hydroxylation is 1. The van der Waals surface area contributed by atoms with E-state index in [1.54, 1.807) is 5.56 Å². The van der Waals surface area contributed by atoms with Crippen molar-refractivity contribution < 1.29 is 0 Å². The summed E-state index contributed by atoms with van der Waals surface area (Å²) in [6, 6.07) is 2.99. The Labute approximate surface area is 91.1 Å². The number of hydrogen-bond acceptors (Lipinski definition) is 2. The topological polar surface area (TPSA) is 24.9 Å². The summed E-state index contributed by atoms with van der Waals surface area (Å²) < 4.78 is 0. The molecule has 0 bridgehead atoms. The molecule has 0 amide bonds. The van der Waals surface area contributed by atoms with Crippen LogP contribution in [0.3, 0.4) is 0 Å². The predicted octanol–water partition coefficient (Wildman–Crippen LogP) is 2.21. The van der Waals surface area contributed by atoms with E-state index in [9.17, 15) is 0 Å². The van der Waals surface area contributed by atoms with Crippen LogP contribution >= 0.6 is 0 Å². The van der Waals surface area contributed by atoms with Crippen molar-refractivity contribution in [1.82, 2.24) is 10.3 Å². The minimum absolute atomic E-state index is 0.784. The number of rotatable bonds is 3. The zero-order valence-corrected chi connectivity index (χ0v) is 9.13. The van der Waals surface area contributed by atoms with Crippen molar-refractivity contribution in [2.24, 2.45) is 0 Å². The first-order chi connectivity index (χ1) is 7.43. The standard InChI is InChI=1S/C13H18N2/c1-2-4-12-10(3-1)7-8-14-13(12)9-15-11-5-6-11/h7-8,11,15H,1-6,9H2. The maximum atomic E-state index is 4.53. The van der Waals surface area contributed by atoms with Gasteiger partial charge in [-0.05, 0) is 55.7 Å². The van der Waals surface area contributed by atoms with E-state index in [1.165, 1.54) is 49.8 Å². The van der Waals surface area contributed by atoms with Crippen LogP contribution in [-0.2, 0) is 19.4 Å². The fourth-order valence-electron chi connectivity index (χ4n) is 2.42. The molecule has 3 rings (SSSR count). The molecule has 1 fully saturated rings. The summed E-state index contributed by atoms with van der Waals surface area (Å²) in [5, 5.41) is 3.56. The van der Waals surface area contributed by atoms with Gasteiger partial charge in [0.1, 0.15) is 0 Å². The Morgan fingerprint density at radius 2 is 2.13 bits per heavy atom. The molecule has 0 atom stereocenters. The van der Waals surface area contributed by atoms with Crippen molar-refractivity contribution >= 4 is 0 Å². The monoisotopic (exact) mass is 202 g/mol. The van der Waals surface area contributed by atoms with Crippen LogP contribution in [0, 0.1) is 0 Å². The van der Waals surface area contributed by atoms with Gasteiger partial charge in [-0.25, -0.2) is 0 Å². The van der Waals surface area contributed by atoms with Gasteiger partial charge in [-0.2, -0.15) is 0 Å². The molecule has 0 saturated heterocycles. The molecule has 2 aliphatic rings. The molecule has 15 heavy (non-hydrogen) atoms. The van der Waals surface area contributed by atoms with Crippen molar-refractivity contribution in [2.75, 3.05) is 0 Å². The first kappa shape index (κ1) is 9.34. The zero-order valence-electron chi connectivity index (χ0n) is 9.13. The first-order valence-electron chi connectivity index (χ1n) is 6.12. The maximum absolute atomic E-state index is 4.53. The number of aromatic nitrogens is 1. The Balaban J connectivity index is 1.79. The lowest BCUT2D eigenvalue weighted by atomic mass is 9.91. The molecule has 0 radical (unpaired) electrons. The van der Waals surface area contributed by atoms with Gasteiger partial charge in [-0.3, -0.25) is 4.98 Å². The lowest BCUT2D eigenvalue weighted by molar-refractivity contribution is 0.635. The van der Waals surface area contributed by atoms with Gasteiger partial charge in [0.25, 0.3) is 0 Å². The molecule has 1 saturated carbocycles. The second-order valence-electron chi connectivity index (χ2n) is 4.76. The highest BCUT2D eigenvalue weighted by molar-refractivity contribution is 5.32. The molecule has 0 unspecified atom stereocenters. The molecule has 80 valence electrons. The van der Waals surface area contributed by atoms with Crippen molar-refractivity contribution in [1.29, 1.82) is 0 Å². The number of hydrogen-bond donors (Lipinski definition) is 1. The van der Waals surface area contributed by atoms with E-state index in [0.717, 1.165) is 12.6 Å². The summed E-state index contributed by atoms with van der Waals surface area (Å²) in [6.45, 7) is 0.980. The van der Waals surface area contributed by atoms with Gasteiger partial charge in [0.15, 0.2) is 0 Å². The second kappa shape index (κ2) is 3.93. The molecule has 2 nitrogen and oxygen atoms in total. The Kier molecular flexibility index (Phi) is 2.45. The van der Waals surface area contributed by atoms with E-state index in [-0.39, 0.29) is 0 Å². The van der Waals surface area contributed by atoms with E-state index in [0.29, 0.717) is 0 Å². The van der Waals surface area contributed by atoms with E-state index in [2.05, 4.69) is 16.4 Å². The molecule has 1 aromatic heterocycles. The second-order valence-corrected chi connectivity index (χ2v) is 4.76. The molecular weight excluding hydrogens is 184 g/mol. The highest BCUT2D eigenvalue weighted by Crippen LogP contribution is 2.24. The molecule has 0 spiro atoms. The SMILES string of the molecule is c1cc2c(c(CNC3CC3)n1)CCCC2. The van der Waals surface area contributed by atoms with E-state index in [1.807, 2.05) is 6.20 Å². The predicted molar refractivity (Wildman–Crippen MR) is 60.7 cm³/mol. The van der Waals surface area contributed by atoms with Crippen LogP contribution in [0.25, 0.3) is 0 Å². The summed E-state index contributed by atoms with van der Waals surface area (Å²) in [7, 11) is 0. The Morgan fingerprint density at radius 3 is 3.00 bits per heavy atom. The van der Waals surface area contributed by atoms with Crippen LogP contribution in [0.2, 0.25) is 0 Å². The molecule has 0 aliphatic heterocycles. The summed E-state index contributed by atoms with van der Waals surface area (Å²) in [4.78, 5) is 4.53. The molecule has 1 aromatic rings. The van der Waals surface area contributed by atoms with E-state index < -0.39 is 0 Å². The maximum Gasteiger partial charge on any atom is 0.0576 e. The molecular formula is C13H18N2. The van der Waals surface area contributed by atoms with Gasteiger partial charge >= 0.3 is 0 Å². The number of pyridine rings is 1. The lowest BCUT2D eigenvalue weighted by Gasteiger charge is -2.18. The minimum Gasteiger partial charge on any atom is -0.308 e. The fourth-order valence-corrected chi connectivity index (χ4v) is 2.42. The average molecular weight is 202 g/mol. The summed E-state index contributed by atoms with van der Waals surface area (Å²) in [5.74, 6) is 0. The van der Waals surface area contributed by atoms with Gasteiger partial charge in [0, 0.05) is 18.8 Å². The quantitative estimate of drug-likeness (QED) is 0.813. The molecule has 1 heterocycles. The minimum atomic E-state index is 0.784. The summed E-state index contributed by atoms with van der Waals surface area (Å²) in [6.07, 6.45) is 9.89. The molecule has 0 aromatic carbocycles. The van der Waals surface area contributed by atoms with Crippen LogP contribution in [-0.4, -0.2) is 11.0 Å². The normalized spacial score (nSPS) is 20.0. The largest absolute Gasteiger partial charge is 0.308 e. The van der Waals surface area contributed by atoms with Gasteiger partial charge in [0.2, 0.25) is 0 Å². The van der Waals surface area contributed by atoms with Crippen LogP contribution in [0.5, 0.6) is 0 Å². The molecule has 2 aliphatic carbocycles. The molecule has 2 heteroatoms. The first-order valence-corrected chi connectivity index (χ1v) is 6.12. The van der Waals surface area contributed by atoms with Crippen molar-refractivity contribution in [2.45, 2.75) is 51.1 Å². The number of fused-ring (bicyclic) bond motifs is 1. The van der Waals surface area contributed by atoms with Crippen molar-refractivity contribution in [3.63, 3.8) is 0 Å². The zero-order chi connectivity index (χ0) is 10.1. The highest BCUT2D eigenvalue weighted by atomic mass is 15.0. The third-order valence-electron chi connectivity index (χ3n) is 3.50. The van der Waals surface area contributed by atoms with Crippen molar-refractivity contribution in [3.8, 4) is 0 Å². The lowest BCUT2D eigenvalue weighted by Crippen LogP contribution is -2.19. The third-order valence-corrected chi connectivity index (χ3v) is 3.50. The number of nitrogens with zero attached hydrogens (tertiary/aromatic N) is 1. The van der Waals surface area contributed by atoms with Crippen LogP contribution in [0.4, 0.5) is 0 Å². The fraction of sp³-hybridized carbons (Fsp3) is 0.615. The van der Waals surface area contributed by atoms with Crippen LogP contribution < -0.4 is 5.32 Å². The van der Waals surface area contributed by atoms with E-state index in [4.69, 9.17) is 0 Å². The van der Waals surface area contributed by atoms with Gasteiger partial charge in [0.05, 0.1) is 5.69 Å². The van der Waals surface area contributed by atoms with Crippen LogP contribution in [0.1, 0.15) is 42.5 Å². The third kappa shape index (κ3) is 2.05. The number of nitrogens with one attached hydrogen (secondary N) is 1. The molecule has 1 N–H and O–H groups in total. The smallest absolute Gasteiger partial charge is 0.0576 e. The van der Waals surface area contributed by atoms with Crippen LogP contribution in [0.15, 0.2) is 12.3 Å². The van der Waals surface area contributed by atoms with Crippen molar-refractivity contribution in [3.05, 3.63) is 29.1 Å². The summed E-state index contributed by atoms with van der Waals surface area (Å²) in [5.41, 5.74) is 4.39. The summed E-state index contributed by atoms with van der Waals surface area (Å²) >= 11 is 0. The van der Waals surface area contributed by atoms with Gasteiger partial charge in [-0.15, -0.1) is 0 Å². The Hall–Kier alpha value is -0.890. The van der Waals surface area contributed by atoms with Gasteiger partial charge < -0.3 is 5.32 Å². The highest BCUT2D eigenvalue weighted by Gasteiger charge is 2.21. The average Bonchev–Trinajstić information content (AvgIpc) is 3.10. The Morgan fingerprint density at radius 1 is 1.27 bits per heavy atom.